The van der Waals surface area contributed by atoms with Crippen molar-refractivity contribution in [3.8, 4) is 56.5 Å². The van der Waals surface area contributed by atoms with Gasteiger partial charge in [-0.05, 0) is 40.1 Å². The van der Waals surface area contributed by atoms with Gasteiger partial charge in [-0.2, -0.15) is 0 Å². The minimum absolute atomic E-state index is 0.574. The van der Waals surface area contributed by atoms with Crippen LogP contribution in [-0.2, 0) is 0 Å². The van der Waals surface area contributed by atoms with Gasteiger partial charge in [-0.1, -0.05) is 121 Å². The number of hydrogen-bond donors (Lipinski definition) is 0. The summed E-state index contributed by atoms with van der Waals surface area (Å²) in [6.45, 7) is 0. The van der Waals surface area contributed by atoms with E-state index in [1.165, 1.54) is 0 Å². The Labute approximate surface area is 313 Å². The van der Waals surface area contributed by atoms with Crippen LogP contribution in [0.25, 0.3) is 111 Å². The van der Waals surface area contributed by atoms with Crippen LogP contribution >= 0.6 is 0 Å². The summed E-state index contributed by atoms with van der Waals surface area (Å²) in [4.78, 5) is 33.5. The molecule has 0 aliphatic heterocycles. The van der Waals surface area contributed by atoms with E-state index in [2.05, 4.69) is 99.9 Å². The first kappa shape index (κ1) is 30.9. The highest BCUT2D eigenvalue weighted by atomic mass is 16.3. The van der Waals surface area contributed by atoms with Gasteiger partial charge in [0.15, 0.2) is 17.5 Å². The Morgan fingerprint density at radius 3 is 1.93 bits per heavy atom. The van der Waals surface area contributed by atoms with E-state index in [4.69, 9.17) is 24.4 Å². The topological polar surface area (TPSA) is 103 Å². The van der Waals surface area contributed by atoms with Crippen LogP contribution in [0.15, 0.2) is 169 Å². The van der Waals surface area contributed by atoms with Crippen LogP contribution in [0.3, 0.4) is 0 Å². The first-order chi connectivity index (χ1) is 27.2. The minimum Gasteiger partial charge on any atom is -0.455 e. The number of rotatable bonds is 5. The van der Waals surface area contributed by atoms with Gasteiger partial charge in [0.1, 0.15) is 28.5 Å². The minimum atomic E-state index is 0.574. The lowest BCUT2D eigenvalue weighted by Gasteiger charge is -2.12. The van der Waals surface area contributed by atoms with Crippen LogP contribution in [-0.4, -0.2) is 34.9 Å². The number of furan rings is 1. The lowest BCUT2D eigenvalue weighted by Crippen LogP contribution is -2.00. The highest BCUT2D eigenvalue weighted by molar-refractivity contribution is 6.23. The third-order valence-corrected chi connectivity index (χ3v) is 10.2. The number of aromatic nitrogens is 7. The molecule has 0 aliphatic rings. The van der Waals surface area contributed by atoms with Crippen molar-refractivity contribution in [1.29, 1.82) is 0 Å². The number of pyridine rings is 2. The van der Waals surface area contributed by atoms with Crippen LogP contribution in [0.1, 0.15) is 0 Å². The van der Waals surface area contributed by atoms with Crippen LogP contribution in [0.2, 0.25) is 0 Å². The number of benzene rings is 6. The smallest absolute Gasteiger partial charge is 0.164 e. The number of fused-ring (bicyclic) bond motifs is 8. The maximum Gasteiger partial charge on any atom is 0.164 e. The van der Waals surface area contributed by atoms with Gasteiger partial charge in [-0.3, -0.25) is 4.98 Å². The van der Waals surface area contributed by atoms with E-state index in [1.54, 1.807) is 18.7 Å². The van der Waals surface area contributed by atoms with Crippen LogP contribution in [0.4, 0.5) is 0 Å². The first-order valence-corrected chi connectivity index (χ1v) is 17.9. The van der Waals surface area contributed by atoms with E-state index in [9.17, 15) is 0 Å². The largest absolute Gasteiger partial charge is 0.455 e. The summed E-state index contributed by atoms with van der Waals surface area (Å²) in [7, 11) is 0. The molecule has 0 spiro atoms. The zero-order valence-corrected chi connectivity index (χ0v) is 29.1. The van der Waals surface area contributed by atoms with Crippen molar-refractivity contribution < 1.29 is 4.42 Å². The van der Waals surface area contributed by atoms with Gasteiger partial charge >= 0.3 is 0 Å². The maximum atomic E-state index is 6.48. The zero-order chi connectivity index (χ0) is 36.3. The molecule has 11 aromatic rings. The highest BCUT2D eigenvalue weighted by Crippen LogP contribution is 2.40. The van der Waals surface area contributed by atoms with E-state index in [-0.39, 0.29) is 0 Å². The molecule has 0 N–H and O–H groups in total. The molecule has 0 radical (unpaired) electrons. The third-order valence-electron chi connectivity index (χ3n) is 10.2. The van der Waals surface area contributed by atoms with Crippen molar-refractivity contribution in [1.82, 2.24) is 34.9 Å². The lowest BCUT2D eigenvalue weighted by molar-refractivity contribution is 0.673. The maximum absolute atomic E-state index is 6.48. The molecule has 5 heterocycles. The molecule has 0 atom stereocenters. The molecule has 0 saturated heterocycles. The van der Waals surface area contributed by atoms with Gasteiger partial charge < -0.3 is 4.42 Å². The molecule has 55 heavy (non-hydrogen) atoms. The van der Waals surface area contributed by atoms with E-state index < -0.39 is 0 Å². The fraction of sp³-hybridized carbons (Fsp3) is 0. The average Bonchev–Trinajstić information content (AvgIpc) is 3.65. The summed E-state index contributed by atoms with van der Waals surface area (Å²) in [5.74, 6) is 1.77. The Bertz CT molecular complexity index is 3250. The first-order valence-electron chi connectivity index (χ1n) is 17.9. The molecule has 6 aromatic carbocycles. The second kappa shape index (κ2) is 12.5. The molecule has 11 rings (SSSR count). The predicted octanol–water partition coefficient (Wildman–Crippen LogP) is 11.1. The van der Waals surface area contributed by atoms with Gasteiger partial charge in [0.05, 0.1) is 17.3 Å². The van der Waals surface area contributed by atoms with Crippen molar-refractivity contribution in [3.05, 3.63) is 164 Å². The van der Waals surface area contributed by atoms with Crippen LogP contribution in [0.5, 0.6) is 0 Å². The van der Waals surface area contributed by atoms with Gasteiger partial charge in [-0.25, -0.2) is 29.9 Å². The van der Waals surface area contributed by atoms with Gasteiger partial charge in [-0.15, -0.1) is 0 Å². The molecular weight excluding hydrogens is 679 g/mol. The normalized spacial score (nSPS) is 11.6. The van der Waals surface area contributed by atoms with E-state index in [0.29, 0.717) is 23.0 Å². The Kier molecular flexibility index (Phi) is 6.99. The number of hydrogen-bond acceptors (Lipinski definition) is 8. The molecule has 8 nitrogen and oxygen atoms in total. The third kappa shape index (κ3) is 5.19. The molecule has 0 bridgehead atoms. The molecule has 5 aromatic heterocycles. The van der Waals surface area contributed by atoms with E-state index in [1.807, 2.05) is 60.8 Å². The summed E-state index contributed by atoms with van der Waals surface area (Å²) < 4.78 is 6.48. The summed E-state index contributed by atoms with van der Waals surface area (Å²) in [5, 5.41) is 6.15. The van der Waals surface area contributed by atoms with Crippen molar-refractivity contribution in [2.75, 3.05) is 0 Å². The molecule has 0 aliphatic carbocycles. The average molecular weight is 706 g/mol. The second-order valence-corrected chi connectivity index (χ2v) is 13.4. The molecule has 8 heteroatoms. The fourth-order valence-corrected chi connectivity index (χ4v) is 7.52. The zero-order valence-electron chi connectivity index (χ0n) is 29.1. The summed E-state index contributed by atoms with van der Waals surface area (Å²) in [6.07, 6.45) is 6.96. The fourth-order valence-electron chi connectivity index (χ4n) is 7.52. The second-order valence-electron chi connectivity index (χ2n) is 13.4. The number of nitrogens with zero attached hydrogens (tertiary/aromatic N) is 7. The van der Waals surface area contributed by atoms with Crippen molar-refractivity contribution in [2.24, 2.45) is 0 Å². The molecule has 0 amide bonds. The Balaban J connectivity index is 1.06. The van der Waals surface area contributed by atoms with Crippen LogP contribution in [0, 0.1) is 0 Å². The van der Waals surface area contributed by atoms with Gasteiger partial charge in [0.2, 0.25) is 0 Å². The van der Waals surface area contributed by atoms with Gasteiger partial charge in [0.25, 0.3) is 0 Å². The quantitative estimate of drug-likeness (QED) is 0.163. The van der Waals surface area contributed by atoms with Crippen LogP contribution < -0.4 is 0 Å². The van der Waals surface area contributed by atoms with Crippen molar-refractivity contribution in [2.45, 2.75) is 0 Å². The molecule has 0 unspecified atom stereocenters. The SMILES string of the molecule is c1cncc(-c2ccc(-c3nc(-c4ccc(-c5nc6cncnc6c6c5ccc5c7ccccc7oc56)cc4)nc(-c4cccc5ccccc45)n3)cc2)c1. The molecule has 0 fully saturated rings. The van der Waals surface area contributed by atoms with E-state index in [0.717, 1.165) is 88.1 Å². The predicted molar refractivity (Wildman–Crippen MR) is 218 cm³/mol. The van der Waals surface area contributed by atoms with E-state index >= 15 is 0 Å². The standard InChI is InChI=1S/C47H27N7O/c1-2-10-34-29(7-1)8-5-12-37(34)47-53-45(31-18-14-28(15-19-31)33-9-6-24-48-25-33)52-46(54-47)32-20-16-30(17-21-32)42-38-23-22-36-35-11-3-4-13-40(35)55-44(36)41(38)43-39(51-42)26-49-27-50-43/h1-27H. The highest BCUT2D eigenvalue weighted by Gasteiger charge is 2.19. The Hall–Kier alpha value is -7.71. The Morgan fingerprint density at radius 2 is 1.13 bits per heavy atom. The monoisotopic (exact) mass is 705 g/mol. The summed E-state index contributed by atoms with van der Waals surface area (Å²) in [6, 6.07) is 47.3. The number of para-hydroxylation sites is 1. The summed E-state index contributed by atoms with van der Waals surface area (Å²) in [5.41, 5.74) is 9.61. The van der Waals surface area contributed by atoms with Gasteiger partial charge in [0, 0.05) is 50.8 Å². The summed E-state index contributed by atoms with van der Waals surface area (Å²) >= 11 is 0. The molecule has 0 saturated carbocycles. The van der Waals surface area contributed by atoms with Crippen molar-refractivity contribution >= 4 is 54.5 Å². The lowest BCUT2D eigenvalue weighted by atomic mass is 9.99. The molecular formula is C47H27N7O. The molecule has 256 valence electrons. The Morgan fingerprint density at radius 1 is 0.436 bits per heavy atom. The van der Waals surface area contributed by atoms with Crippen molar-refractivity contribution in [3.63, 3.8) is 0 Å².